The lowest BCUT2D eigenvalue weighted by molar-refractivity contribution is -0.384. The van der Waals surface area contributed by atoms with Crippen molar-refractivity contribution in [3.63, 3.8) is 0 Å². The minimum absolute atomic E-state index is 0.0223. The fourth-order valence-corrected chi connectivity index (χ4v) is 3.67. The van der Waals surface area contributed by atoms with Crippen LogP contribution in [0.25, 0.3) is 16.2 Å². The summed E-state index contributed by atoms with van der Waals surface area (Å²) in [5.74, 6) is -0.912. The zero-order valence-electron chi connectivity index (χ0n) is 14.9. The van der Waals surface area contributed by atoms with Crippen LogP contribution in [0.5, 0.6) is 0 Å². The average Bonchev–Trinajstić information content (AvgIpc) is 3.04. The number of carbonyl (C=O) groups excluding carboxylic acids is 2. The van der Waals surface area contributed by atoms with Crippen LogP contribution in [-0.4, -0.2) is 23.4 Å². The summed E-state index contributed by atoms with van der Waals surface area (Å²) in [7, 11) is 0. The van der Waals surface area contributed by atoms with Gasteiger partial charge in [0.25, 0.3) is 5.69 Å². The van der Waals surface area contributed by atoms with Gasteiger partial charge in [-0.25, -0.2) is 4.79 Å². The molecule has 0 bridgehead atoms. The number of nitro groups is 1. The number of amides is 1. The molecule has 0 saturated carbocycles. The minimum Gasteiger partial charge on any atom is -0.462 e. The van der Waals surface area contributed by atoms with Crippen molar-refractivity contribution in [2.75, 3.05) is 11.9 Å². The molecule has 0 saturated heterocycles. The molecule has 142 valence electrons. The summed E-state index contributed by atoms with van der Waals surface area (Å²) in [4.78, 5) is 34.9. The Balaban J connectivity index is 1.81. The highest BCUT2D eigenvalue weighted by molar-refractivity contribution is 7.23. The van der Waals surface area contributed by atoms with Crippen LogP contribution in [0, 0.1) is 10.1 Å². The van der Waals surface area contributed by atoms with Crippen LogP contribution in [0.2, 0.25) is 0 Å². The second-order valence-corrected chi connectivity index (χ2v) is 6.75. The smallest absolute Gasteiger partial charge is 0.341 e. The Morgan fingerprint density at radius 1 is 1.18 bits per heavy atom. The van der Waals surface area contributed by atoms with E-state index in [-0.39, 0.29) is 12.3 Å². The fourth-order valence-electron chi connectivity index (χ4n) is 2.57. The van der Waals surface area contributed by atoms with Gasteiger partial charge in [0.05, 0.1) is 11.5 Å². The first-order valence-electron chi connectivity index (χ1n) is 8.41. The van der Waals surface area contributed by atoms with Gasteiger partial charge >= 0.3 is 5.97 Å². The molecule has 0 spiro atoms. The zero-order valence-corrected chi connectivity index (χ0v) is 15.7. The second-order valence-electron chi connectivity index (χ2n) is 5.69. The van der Waals surface area contributed by atoms with E-state index in [9.17, 15) is 19.7 Å². The average molecular weight is 396 g/mol. The Hall–Kier alpha value is -3.52. The maximum atomic E-state index is 12.3. The molecular weight excluding hydrogens is 380 g/mol. The number of benzene rings is 2. The first kappa shape index (κ1) is 19.2. The van der Waals surface area contributed by atoms with Crippen molar-refractivity contribution in [2.45, 2.75) is 6.92 Å². The monoisotopic (exact) mass is 396 g/mol. The lowest BCUT2D eigenvalue weighted by Crippen LogP contribution is -2.12. The van der Waals surface area contributed by atoms with Gasteiger partial charge < -0.3 is 10.1 Å². The van der Waals surface area contributed by atoms with Crippen molar-refractivity contribution in [1.29, 1.82) is 0 Å². The molecule has 1 N–H and O–H groups in total. The number of ether oxygens (including phenoxy) is 1. The third-order valence-electron chi connectivity index (χ3n) is 3.84. The van der Waals surface area contributed by atoms with E-state index < -0.39 is 16.8 Å². The number of nitrogens with zero attached hydrogens (tertiary/aromatic N) is 1. The number of fused-ring (bicyclic) bond motifs is 1. The van der Waals surface area contributed by atoms with E-state index in [1.165, 1.54) is 35.6 Å². The second kappa shape index (κ2) is 8.45. The van der Waals surface area contributed by atoms with E-state index >= 15 is 0 Å². The molecule has 0 fully saturated rings. The number of anilines is 1. The number of hydrogen-bond donors (Lipinski definition) is 1. The van der Waals surface area contributed by atoms with Crippen LogP contribution >= 0.6 is 11.3 Å². The minimum atomic E-state index is -0.491. The van der Waals surface area contributed by atoms with Crippen LogP contribution < -0.4 is 5.32 Å². The number of hydrogen-bond acceptors (Lipinski definition) is 6. The number of thiophene rings is 1. The van der Waals surface area contributed by atoms with Crippen molar-refractivity contribution >= 4 is 50.1 Å². The van der Waals surface area contributed by atoms with Gasteiger partial charge in [0.2, 0.25) is 5.91 Å². The van der Waals surface area contributed by atoms with Crippen LogP contribution in [0.1, 0.15) is 22.8 Å². The maximum Gasteiger partial charge on any atom is 0.341 e. The summed E-state index contributed by atoms with van der Waals surface area (Å²) in [6, 6.07) is 13.2. The molecule has 28 heavy (non-hydrogen) atoms. The third kappa shape index (κ3) is 4.24. The van der Waals surface area contributed by atoms with E-state index in [1.54, 1.807) is 25.1 Å². The summed E-state index contributed by atoms with van der Waals surface area (Å²) in [5, 5.41) is 14.5. The molecule has 3 aromatic rings. The van der Waals surface area contributed by atoms with Crippen LogP contribution in [0.15, 0.2) is 54.6 Å². The van der Waals surface area contributed by atoms with E-state index in [4.69, 9.17) is 4.74 Å². The van der Waals surface area contributed by atoms with Crippen LogP contribution in [-0.2, 0) is 9.53 Å². The summed E-state index contributed by atoms with van der Waals surface area (Å²) in [6.45, 7) is 1.95. The number of esters is 1. The number of nitrogens with one attached hydrogen (secondary N) is 1. The van der Waals surface area contributed by atoms with Gasteiger partial charge in [-0.15, -0.1) is 11.3 Å². The quantitative estimate of drug-likeness (QED) is 0.283. The molecule has 2 aromatic carbocycles. The van der Waals surface area contributed by atoms with Crippen molar-refractivity contribution in [3.05, 3.63) is 75.8 Å². The molecule has 0 radical (unpaired) electrons. The number of carbonyl (C=O) groups is 2. The molecule has 1 aromatic heterocycles. The summed E-state index contributed by atoms with van der Waals surface area (Å²) < 4.78 is 5.98. The molecule has 0 aliphatic rings. The normalized spacial score (nSPS) is 10.9. The van der Waals surface area contributed by atoms with Crippen molar-refractivity contribution < 1.29 is 19.2 Å². The van der Waals surface area contributed by atoms with E-state index in [0.717, 1.165) is 10.1 Å². The lowest BCUT2D eigenvalue weighted by Gasteiger charge is -2.05. The highest BCUT2D eigenvalue weighted by atomic mass is 32.1. The SMILES string of the molecule is CCOC(=O)c1c(NC(=O)/C=C\c2ccc([N+](=O)[O-])cc2)sc2ccccc12. The standard InChI is InChI=1S/C20H16N2O5S/c1-2-27-20(24)18-15-5-3-4-6-16(15)28-19(18)21-17(23)12-9-13-7-10-14(11-8-13)22(25)26/h3-12H,2H2,1H3,(H,21,23)/b12-9-. The highest BCUT2D eigenvalue weighted by Gasteiger charge is 2.20. The molecule has 0 aliphatic heterocycles. The Kier molecular flexibility index (Phi) is 5.81. The predicted octanol–water partition coefficient (Wildman–Crippen LogP) is 4.64. The molecule has 0 atom stereocenters. The summed E-state index contributed by atoms with van der Waals surface area (Å²) in [5.41, 5.74) is 0.952. The molecule has 7 nitrogen and oxygen atoms in total. The van der Waals surface area contributed by atoms with Crippen molar-refractivity contribution in [3.8, 4) is 0 Å². The van der Waals surface area contributed by atoms with Gasteiger partial charge in [0.15, 0.2) is 0 Å². The first-order chi connectivity index (χ1) is 13.5. The van der Waals surface area contributed by atoms with Gasteiger partial charge in [-0.2, -0.15) is 0 Å². The molecule has 1 heterocycles. The number of non-ortho nitro benzene ring substituents is 1. The Labute approximate surface area is 164 Å². The molecule has 3 rings (SSSR count). The van der Waals surface area contributed by atoms with Gasteiger partial charge in [0.1, 0.15) is 10.6 Å². The first-order valence-corrected chi connectivity index (χ1v) is 9.23. The summed E-state index contributed by atoms with van der Waals surface area (Å²) >= 11 is 1.29. The molecule has 0 unspecified atom stereocenters. The predicted molar refractivity (Wildman–Crippen MR) is 109 cm³/mol. The Bertz CT molecular complexity index is 1070. The highest BCUT2D eigenvalue weighted by Crippen LogP contribution is 2.36. The van der Waals surface area contributed by atoms with E-state index in [1.807, 2.05) is 18.2 Å². The van der Waals surface area contributed by atoms with Crippen molar-refractivity contribution in [2.24, 2.45) is 0 Å². The topological polar surface area (TPSA) is 98.5 Å². The largest absolute Gasteiger partial charge is 0.462 e. The van der Waals surface area contributed by atoms with Gasteiger partial charge in [-0.05, 0) is 36.8 Å². The van der Waals surface area contributed by atoms with Gasteiger partial charge in [-0.1, -0.05) is 18.2 Å². The summed E-state index contributed by atoms with van der Waals surface area (Å²) in [6.07, 6.45) is 2.84. The van der Waals surface area contributed by atoms with Crippen molar-refractivity contribution in [1.82, 2.24) is 0 Å². The van der Waals surface area contributed by atoms with Gasteiger partial charge in [-0.3, -0.25) is 14.9 Å². The Morgan fingerprint density at radius 3 is 2.57 bits per heavy atom. The third-order valence-corrected chi connectivity index (χ3v) is 4.93. The molecular formula is C20H16N2O5S. The van der Waals surface area contributed by atoms with Crippen LogP contribution in [0.3, 0.4) is 0 Å². The fraction of sp³-hybridized carbons (Fsp3) is 0.100. The molecule has 1 amide bonds. The van der Waals surface area contributed by atoms with E-state index in [2.05, 4.69) is 5.32 Å². The zero-order chi connectivity index (χ0) is 20.1. The molecule has 8 heteroatoms. The number of rotatable bonds is 6. The maximum absolute atomic E-state index is 12.3. The molecule has 0 aliphatic carbocycles. The lowest BCUT2D eigenvalue weighted by atomic mass is 10.1. The van der Waals surface area contributed by atoms with Gasteiger partial charge in [0, 0.05) is 28.3 Å². The Morgan fingerprint density at radius 2 is 1.89 bits per heavy atom. The van der Waals surface area contributed by atoms with E-state index in [0.29, 0.717) is 16.1 Å². The van der Waals surface area contributed by atoms with Crippen LogP contribution in [0.4, 0.5) is 10.7 Å². The number of nitro benzene ring substituents is 1.